The third-order valence-corrected chi connectivity index (χ3v) is 6.33. The summed E-state index contributed by atoms with van der Waals surface area (Å²) in [4.78, 5) is 23.3. The van der Waals surface area contributed by atoms with Gasteiger partial charge in [-0.2, -0.15) is 0 Å². The highest BCUT2D eigenvalue weighted by Crippen LogP contribution is 2.26. The summed E-state index contributed by atoms with van der Waals surface area (Å²) in [6.07, 6.45) is 1.92. The fourth-order valence-corrected chi connectivity index (χ4v) is 4.92. The fraction of sp³-hybridized carbons (Fsp3) is 0.565. The second-order valence-electron chi connectivity index (χ2n) is 9.41. The van der Waals surface area contributed by atoms with E-state index in [-0.39, 0.29) is 36.1 Å². The Morgan fingerprint density at radius 1 is 1.24 bits per heavy atom. The Bertz CT molecular complexity index is 1060. The average Bonchev–Trinajstić information content (AvgIpc) is 3.28. The lowest BCUT2D eigenvalue weighted by Crippen LogP contribution is -2.38. The van der Waals surface area contributed by atoms with Crippen molar-refractivity contribution in [3.63, 3.8) is 0 Å². The summed E-state index contributed by atoms with van der Waals surface area (Å²) in [5.74, 6) is 0.0428. The van der Waals surface area contributed by atoms with Crippen molar-refractivity contribution in [1.82, 2.24) is 19.2 Å². The Morgan fingerprint density at radius 3 is 2.67 bits per heavy atom. The van der Waals surface area contributed by atoms with Gasteiger partial charge in [-0.1, -0.05) is 38.2 Å². The lowest BCUT2D eigenvalue weighted by atomic mass is 9.96. The minimum Gasteiger partial charge on any atom is -0.379 e. The molecule has 0 unspecified atom stereocenters. The van der Waals surface area contributed by atoms with Gasteiger partial charge < -0.3 is 14.4 Å². The van der Waals surface area contributed by atoms with Gasteiger partial charge in [0, 0.05) is 39.4 Å². The van der Waals surface area contributed by atoms with Crippen LogP contribution in [0.25, 0.3) is 16.0 Å². The summed E-state index contributed by atoms with van der Waals surface area (Å²) < 4.78 is 13.3. The largest absolute Gasteiger partial charge is 0.379 e. The molecule has 3 aromatic rings. The number of morpholine rings is 1. The first-order valence-electron chi connectivity index (χ1n) is 10.8. The number of ether oxygens (including phenoxy) is 2. The van der Waals surface area contributed by atoms with Crippen molar-refractivity contribution in [3.8, 4) is 0 Å². The first-order valence-corrected chi connectivity index (χ1v) is 11.7. The van der Waals surface area contributed by atoms with E-state index in [1.807, 2.05) is 23.7 Å². The number of rotatable bonds is 7. The zero-order chi connectivity index (χ0) is 22.0. The van der Waals surface area contributed by atoms with Gasteiger partial charge in [-0.25, -0.2) is 4.98 Å². The van der Waals surface area contributed by atoms with Crippen LogP contribution in [-0.4, -0.2) is 78.1 Å². The van der Waals surface area contributed by atoms with E-state index in [9.17, 15) is 4.79 Å². The molecule has 0 N–H and O–H groups in total. The molecule has 0 spiro atoms. The van der Waals surface area contributed by atoms with Crippen LogP contribution in [0.15, 0.2) is 24.4 Å². The standard InChI is InChI=1S/C23H32N4O3S.2ClH/c1-23(2,3)16-25(4)21(28)20-14-27-19-13-17(5-6-18(19)24-22(27)31-20)15-30-12-9-26-7-10-29-11-8-26;;/h5-6,13-14H,7-12,15-16H2,1-4H3;2*1H. The normalized spacial score (nSPS) is 14.8. The van der Waals surface area contributed by atoms with Crippen LogP contribution < -0.4 is 0 Å². The molecule has 0 saturated carbocycles. The second kappa shape index (κ2) is 11.8. The Morgan fingerprint density at radius 2 is 1.97 bits per heavy atom. The minimum atomic E-state index is 0. The van der Waals surface area contributed by atoms with Crippen molar-refractivity contribution in [1.29, 1.82) is 0 Å². The molecular formula is C23H34Cl2N4O3S. The number of amides is 1. The number of hydrogen-bond acceptors (Lipinski definition) is 6. The number of nitrogens with zero attached hydrogens (tertiary/aromatic N) is 4. The van der Waals surface area contributed by atoms with Gasteiger partial charge in [-0.3, -0.25) is 14.1 Å². The summed E-state index contributed by atoms with van der Waals surface area (Å²) in [6.45, 7) is 12.9. The van der Waals surface area contributed by atoms with Crippen LogP contribution in [0.2, 0.25) is 0 Å². The summed E-state index contributed by atoms with van der Waals surface area (Å²) in [5.41, 5.74) is 3.12. The maximum Gasteiger partial charge on any atom is 0.265 e. The smallest absolute Gasteiger partial charge is 0.265 e. The van der Waals surface area contributed by atoms with E-state index in [1.165, 1.54) is 11.3 Å². The first kappa shape index (κ1) is 27.8. The maximum atomic E-state index is 12.9. The number of thiazole rings is 1. The highest BCUT2D eigenvalue weighted by molar-refractivity contribution is 7.18. The number of fused-ring (bicyclic) bond motifs is 3. The molecule has 1 aromatic carbocycles. The van der Waals surface area contributed by atoms with Crippen LogP contribution >= 0.6 is 36.2 Å². The minimum absolute atomic E-state index is 0. The molecule has 33 heavy (non-hydrogen) atoms. The third kappa shape index (κ3) is 7.04. The molecule has 0 radical (unpaired) electrons. The van der Waals surface area contributed by atoms with Gasteiger partial charge >= 0.3 is 0 Å². The molecule has 1 fully saturated rings. The molecule has 7 nitrogen and oxygen atoms in total. The number of imidazole rings is 1. The molecule has 0 aliphatic carbocycles. The van der Waals surface area contributed by atoms with Gasteiger partial charge in [0.2, 0.25) is 0 Å². The van der Waals surface area contributed by atoms with Gasteiger partial charge in [-0.15, -0.1) is 24.8 Å². The average molecular weight is 518 g/mol. The first-order chi connectivity index (χ1) is 14.8. The van der Waals surface area contributed by atoms with Crippen LogP contribution in [0.4, 0.5) is 0 Å². The number of hydrogen-bond donors (Lipinski definition) is 0. The second-order valence-corrected chi connectivity index (χ2v) is 10.4. The summed E-state index contributed by atoms with van der Waals surface area (Å²) in [6, 6.07) is 6.21. The molecular weight excluding hydrogens is 483 g/mol. The zero-order valence-electron chi connectivity index (χ0n) is 19.7. The quantitative estimate of drug-likeness (QED) is 0.436. The van der Waals surface area contributed by atoms with E-state index in [1.54, 1.807) is 4.90 Å². The highest BCUT2D eigenvalue weighted by atomic mass is 35.5. The van der Waals surface area contributed by atoms with E-state index in [4.69, 9.17) is 14.5 Å². The SMILES string of the molecule is CN(CC(C)(C)C)C(=O)c1cn2c(nc3ccc(COCCN4CCOCC4)cc32)s1.Cl.Cl. The molecule has 10 heteroatoms. The van der Waals surface area contributed by atoms with Crippen LogP contribution in [0, 0.1) is 5.41 Å². The predicted octanol–water partition coefficient (Wildman–Crippen LogP) is 4.36. The van der Waals surface area contributed by atoms with Crippen molar-refractivity contribution in [3.05, 3.63) is 34.8 Å². The Hall–Kier alpha value is -1.42. The van der Waals surface area contributed by atoms with Crippen LogP contribution in [0.3, 0.4) is 0 Å². The van der Waals surface area contributed by atoms with E-state index in [2.05, 4.69) is 37.8 Å². The molecule has 1 saturated heterocycles. The topological polar surface area (TPSA) is 59.3 Å². The Labute approximate surface area is 211 Å². The molecule has 2 aromatic heterocycles. The highest BCUT2D eigenvalue weighted by Gasteiger charge is 2.21. The molecule has 1 aliphatic heterocycles. The van der Waals surface area contributed by atoms with Gasteiger partial charge in [0.05, 0.1) is 37.5 Å². The van der Waals surface area contributed by atoms with Crippen LogP contribution in [-0.2, 0) is 16.1 Å². The van der Waals surface area contributed by atoms with Gasteiger partial charge in [0.25, 0.3) is 5.91 Å². The number of carbonyl (C=O) groups excluding carboxylic acids is 1. The Kier molecular flexibility index (Phi) is 9.96. The zero-order valence-corrected chi connectivity index (χ0v) is 22.2. The van der Waals surface area contributed by atoms with Crippen LogP contribution in [0.1, 0.15) is 36.0 Å². The van der Waals surface area contributed by atoms with Crippen molar-refractivity contribution in [2.45, 2.75) is 27.4 Å². The van der Waals surface area contributed by atoms with Gasteiger partial charge in [0.15, 0.2) is 4.96 Å². The number of carbonyl (C=O) groups is 1. The van der Waals surface area contributed by atoms with E-state index < -0.39 is 0 Å². The van der Waals surface area contributed by atoms with E-state index in [0.29, 0.717) is 24.6 Å². The summed E-state index contributed by atoms with van der Waals surface area (Å²) >= 11 is 1.44. The number of aromatic nitrogens is 2. The van der Waals surface area contributed by atoms with Crippen molar-refractivity contribution in [2.24, 2.45) is 5.41 Å². The number of benzene rings is 1. The van der Waals surface area contributed by atoms with Gasteiger partial charge in [0.1, 0.15) is 4.88 Å². The maximum absolute atomic E-state index is 12.9. The van der Waals surface area contributed by atoms with Crippen molar-refractivity contribution < 1.29 is 14.3 Å². The van der Waals surface area contributed by atoms with E-state index in [0.717, 1.165) is 54.4 Å². The van der Waals surface area contributed by atoms with Crippen molar-refractivity contribution in [2.75, 3.05) is 53.0 Å². The summed E-state index contributed by atoms with van der Waals surface area (Å²) in [7, 11) is 1.86. The summed E-state index contributed by atoms with van der Waals surface area (Å²) in [5, 5.41) is 0. The monoisotopic (exact) mass is 516 g/mol. The van der Waals surface area contributed by atoms with E-state index >= 15 is 0 Å². The van der Waals surface area contributed by atoms with Gasteiger partial charge in [-0.05, 0) is 23.1 Å². The molecule has 1 amide bonds. The van der Waals surface area contributed by atoms with Crippen molar-refractivity contribution >= 4 is 58.1 Å². The lowest BCUT2D eigenvalue weighted by molar-refractivity contribution is 0.0180. The third-order valence-electron chi connectivity index (χ3n) is 5.36. The molecule has 1 aliphatic rings. The molecule has 0 atom stereocenters. The molecule has 3 heterocycles. The predicted molar refractivity (Wildman–Crippen MR) is 138 cm³/mol. The molecule has 4 rings (SSSR count). The molecule has 184 valence electrons. The number of halogens is 2. The lowest BCUT2D eigenvalue weighted by Gasteiger charge is -2.26. The van der Waals surface area contributed by atoms with Crippen LogP contribution in [0.5, 0.6) is 0 Å². The molecule has 0 bridgehead atoms. The Balaban J connectivity index is 0.00000193. The fourth-order valence-electron chi connectivity index (χ4n) is 3.92.